The molecule has 3 N–H and O–H groups in total. The van der Waals surface area contributed by atoms with Crippen LogP contribution in [0.1, 0.15) is 16.9 Å². The number of halogens is 3. The van der Waals surface area contributed by atoms with Gasteiger partial charge in [-0.25, -0.2) is 0 Å². The summed E-state index contributed by atoms with van der Waals surface area (Å²) < 4.78 is 37.6. The number of fused-ring (bicyclic) bond motifs is 1. The number of benzene rings is 1. The number of thiophene rings is 1. The fourth-order valence-electron chi connectivity index (χ4n) is 2.56. The van der Waals surface area contributed by atoms with Crippen molar-refractivity contribution in [1.82, 2.24) is 10.3 Å². The van der Waals surface area contributed by atoms with Crippen LogP contribution in [0.2, 0.25) is 0 Å². The summed E-state index contributed by atoms with van der Waals surface area (Å²) in [7, 11) is 0. The maximum atomic E-state index is 12.5. The first-order chi connectivity index (χ1) is 12.4. The second-order valence-electron chi connectivity index (χ2n) is 5.85. The number of para-hydroxylation sites is 1. The first kappa shape index (κ1) is 18.5. The van der Waals surface area contributed by atoms with E-state index in [4.69, 9.17) is 0 Å². The van der Waals surface area contributed by atoms with Gasteiger partial charge >= 0.3 is 6.18 Å². The van der Waals surface area contributed by atoms with Crippen LogP contribution in [0.5, 0.6) is 0 Å². The number of anilines is 1. The first-order valence-electron chi connectivity index (χ1n) is 8.15. The molecule has 2 heterocycles. The second-order valence-corrected chi connectivity index (χ2v) is 6.85. The Labute approximate surface area is 152 Å². The zero-order valence-electron chi connectivity index (χ0n) is 13.8. The van der Waals surface area contributed by atoms with E-state index in [-0.39, 0.29) is 5.43 Å². The predicted molar refractivity (Wildman–Crippen MR) is 98.7 cm³/mol. The van der Waals surface area contributed by atoms with E-state index in [1.807, 2.05) is 18.2 Å². The number of aromatic amines is 1. The first-order valence-corrected chi connectivity index (χ1v) is 9.03. The summed E-state index contributed by atoms with van der Waals surface area (Å²) >= 11 is 1.10. The highest BCUT2D eigenvalue weighted by atomic mass is 32.1. The Kier molecular flexibility index (Phi) is 5.63. The van der Waals surface area contributed by atoms with E-state index in [1.54, 1.807) is 6.07 Å². The molecular weight excluding hydrogens is 363 g/mol. The molecule has 2 aromatic heterocycles. The largest absolute Gasteiger partial charge is 0.417 e. The number of rotatable bonds is 7. The van der Waals surface area contributed by atoms with E-state index < -0.39 is 11.7 Å². The van der Waals surface area contributed by atoms with E-state index >= 15 is 0 Å². The fourth-order valence-corrected chi connectivity index (χ4v) is 3.42. The molecule has 0 aliphatic heterocycles. The number of hydrogen-bond acceptors (Lipinski definition) is 4. The molecule has 0 saturated heterocycles. The number of nitrogens with one attached hydrogen (secondary N) is 3. The molecule has 0 aliphatic rings. The molecule has 26 heavy (non-hydrogen) atoms. The quantitative estimate of drug-likeness (QED) is 0.538. The minimum atomic E-state index is -4.28. The van der Waals surface area contributed by atoms with Crippen LogP contribution in [0.25, 0.3) is 10.9 Å². The molecule has 1 aromatic carbocycles. The lowest BCUT2D eigenvalue weighted by Gasteiger charge is -2.08. The third-order valence-corrected chi connectivity index (χ3v) is 4.80. The molecule has 0 unspecified atom stereocenters. The number of aromatic nitrogens is 1. The number of H-pyrrole nitrogens is 1. The molecule has 0 aliphatic carbocycles. The molecular formula is C18H18F3N3OS. The summed E-state index contributed by atoms with van der Waals surface area (Å²) in [5.41, 5.74) is 0.137. The number of alkyl halides is 3. The van der Waals surface area contributed by atoms with Crippen molar-refractivity contribution in [2.24, 2.45) is 0 Å². The number of hydrogen-bond donors (Lipinski definition) is 3. The van der Waals surface area contributed by atoms with Gasteiger partial charge in [-0.15, -0.1) is 11.3 Å². The average molecular weight is 381 g/mol. The van der Waals surface area contributed by atoms with Gasteiger partial charge < -0.3 is 15.6 Å². The Morgan fingerprint density at radius 1 is 1.12 bits per heavy atom. The smallest absolute Gasteiger partial charge is 0.371 e. The van der Waals surface area contributed by atoms with Crippen molar-refractivity contribution in [3.05, 3.63) is 62.4 Å². The topological polar surface area (TPSA) is 56.9 Å². The maximum Gasteiger partial charge on any atom is 0.417 e. The zero-order chi connectivity index (χ0) is 18.6. The molecule has 0 fully saturated rings. The molecule has 138 valence electrons. The van der Waals surface area contributed by atoms with E-state index in [0.717, 1.165) is 28.7 Å². The minimum absolute atomic E-state index is 0.0434. The van der Waals surface area contributed by atoms with Crippen LogP contribution in [-0.2, 0) is 12.7 Å². The predicted octanol–water partition coefficient (Wildman–Crippen LogP) is 4.20. The highest BCUT2D eigenvalue weighted by Crippen LogP contribution is 2.32. The molecule has 0 atom stereocenters. The lowest BCUT2D eigenvalue weighted by Crippen LogP contribution is -2.18. The Hall–Kier alpha value is -2.32. The minimum Gasteiger partial charge on any atom is -0.371 e. The van der Waals surface area contributed by atoms with Crippen molar-refractivity contribution in [2.75, 3.05) is 18.4 Å². The summed E-state index contributed by atoms with van der Waals surface area (Å²) in [6, 6.07) is 10.0. The molecule has 8 heteroatoms. The lowest BCUT2D eigenvalue weighted by molar-refractivity contribution is -0.137. The summed E-state index contributed by atoms with van der Waals surface area (Å²) in [6.07, 6.45) is -3.51. The van der Waals surface area contributed by atoms with Gasteiger partial charge in [0.15, 0.2) is 5.43 Å². The summed E-state index contributed by atoms with van der Waals surface area (Å²) in [6.45, 7) is 1.71. The van der Waals surface area contributed by atoms with Gasteiger partial charge in [-0.05, 0) is 31.2 Å². The van der Waals surface area contributed by atoms with Crippen molar-refractivity contribution in [1.29, 1.82) is 0 Å². The Morgan fingerprint density at radius 2 is 1.92 bits per heavy atom. The SMILES string of the molecule is O=c1cc(NCCCNCc2cc(C(F)(F)F)cs2)[nH]c2ccccc12. The normalized spacial score (nSPS) is 11.8. The molecule has 0 bridgehead atoms. The van der Waals surface area contributed by atoms with Gasteiger partial charge in [-0.1, -0.05) is 12.1 Å². The van der Waals surface area contributed by atoms with E-state index in [1.165, 1.54) is 12.1 Å². The van der Waals surface area contributed by atoms with E-state index in [2.05, 4.69) is 15.6 Å². The van der Waals surface area contributed by atoms with Gasteiger partial charge in [0.1, 0.15) is 5.82 Å². The maximum absolute atomic E-state index is 12.5. The van der Waals surface area contributed by atoms with E-state index in [9.17, 15) is 18.0 Å². The van der Waals surface area contributed by atoms with Crippen molar-refractivity contribution in [3.8, 4) is 0 Å². The van der Waals surface area contributed by atoms with Crippen LogP contribution in [0.3, 0.4) is 0 Å². The van der Waals surface area contributed by atoms with Crippen LogP contribution in [0.15, 0.2) is 46.6 Å². The van der Waals surface area contributed by atoms with Crippen molar-refractivity contribution in [3.63, 3.8) is 0 Å². The third-order valence-electron chi connectivity index (χ3n) is 3.86. The molecule has 0 spiro atoms. The van der Waals surface area contributed by atoms with Crippen molar-refractivity contribution in [2.45, 2.75) is 19.1 Å². The van der Waals surface area contributed by atoms with Crippen molar-refractivity contribution >= 4 is 28.1 Å². The van der Waals surface area contributed by atoms with Gasteiger partial charge in [-0.2, -0.15) is 13.2 Å². The molecule has 3 aromatic rings. The van der Waals surface area contributed by atoms with Crippen LogP contribution in [-0.4, -0.2) is 18.1 Å². The Bertz CT molecular complexity index is 933. The van der Waals surface area contributed by atoms with E-state index in [0.29, 0.717) is 35.7 Å². The zero-order valence-corrected chi connectivity index (χ0v) is 14.6. The third kappa shape index (κ3) is 4.64. The molecule has 4 nitrogen and oxygen atoms in total. The summed E-state index contributed by atoms with van der Waals surface area (Å²) in [5.74, 6) is 0.654. The second kappa shape index (κ2) is 7.92. The molecule has 0 amide bonds. The summed E-state index contributed by atoms with van der Waals surface area (Å²) in [4.78, 5) is 15.8. The highest BCUT2D eigenvalue weighted by Gasteiger charge is 2.31. The van der Waals surface area contributed by atoms with Crippen LogP contribution in [0, 0.1) is 0 Å². The summed E-state index contributed by atoms with van der Waals surface area (Å²) in [5, 5.41) is 8.06. The van der Waals surface area contributed by atoms with Gasteiger partial charge in [0, 0.05) is 34.8 Å². The molecule has 0 radical (unpaired) electrons. The standard InChI is InChI=1S/C18H18F3N3OS/c19-18(20,21)12-8-13(26-11-12)10-22-6-3-7-23-17-9-16(25)14-4-1-2-5-15(14)24-17/h1-2,4-5,8-9,11,22H,3,6-7,10H2,(H2,23,24,25). The van der Waals surface area contributed by atoms with Crippen LogP contribution >= 0.6 is 11.3 Å². The Balaban J connectivity index is 1.42. The van der Waals surface area contributed by atoms with Gasteiger partial charge in [-0.3, -0.25) is 4.79 Å². The van der Waals surface area contributed by atoms with Crippen LogP contribution in [0.4, 0.5) is 19.0 Å². The van der Waals surface area contributed by atoms with Gasteiger partial charge in [0.25, 0.3) is 0 Å². The Morgan fingerprint density at radius 3 is 2.69 bits per heavy atom. The van der Waals surface area contributed by atoms with Crippen molar-refractivity contribution < 1.29 is 13.2 Å². The van der Waals surface area contributed by atoms with Crippen LogP contribution < -0.4 is 16.1 Å². The lowest BCUT2D eigenvalue weighted by atomic mass is 10.2. The average Bonchev–Trinajstić information content (AvgIpc) is 3.07. The van der Waals surface area contributed by atoms with Gasteiger partial charge in [0.05, 0.1) is 11.1 Å². The monoisotopic (exact) mass is 381 g/mol. The molecule has 3 rings (SSSR count). The fraction of sp³-hybridized carbons (Fsp3) is 0.278. The number of pyridine rings is 1. The highest BCUT2D eigenvalue weighted by molar-refractivity contribution is 7.10. The molecule has 0 saturated carbocycles. The van der Waals surface area contributed by atoms with Gasteiger partial charge in [0.2, 0.25) is 0 Å².